The summed E-state index contributed by atoms with van der Waals surface area (Å²) in [4.78, 5) is 9.36. The van der Waals surface area contributed by atoms with Gasteiger partial charge in [-0.15, -0.1) is 0 Å². The predicted octanol–water partition coefficient (Wildman–Crippen LogP) is 4.30. The van der Waals surface area contributed by atoms with Crippen molar-refractivity contribution in [3.8, 4) is 0 Å². The van der Waals surface area contributed by atoms with Gasteiger partial charge in [-0.2, -0.15) is 0 Å². The average molecular weight is 290 g/mol. The Bertz CT molecular complexity index is 437. The van der Waals surface area contributed by atoms with Crippen LogP contribution in [0.3, 0.4) is 0 Å². The molecule has 0 aromatic carbocycles. The molecule has 4 heteroatoms. The highest BCUT2D eigenvalue weighted by Crippen LogP contribution is 2.25. The van der Waals surface area contributed by atoms with Gasteiger partial charge in [-0.25, -0.2) is 9.97 Å². The summed E-state index contributed by atoms with van der Waals surface area (Å²) >= 11 is 0. The van der Waals surface area contributed by atoms with E-state index in [0.717, 1.165) is 42.4 Å². The fourth-order valence-electron chi connectivity index (χ4n) is 2.89. The van der Waals surface area contributed by atoms with E-state index in [1.807, 2.05) is 0 Å². The lowest BCUT2D eigenvalue weighted by Crippen LogP contribution is -2.21. The molecule has 2 N–H and O–H groups in total. The molecule has 0 radical (unpaired) electrons. The standard InChI is InChI=1S/C17H30N4/c1-4-12-18-16-13(3)17(21-15(5-2)20-16)19-14-10-8-6-7-9-11-14/h14H,4-12H2,1-3H3,(H2,18,19,20,21). The molecule has 118 valence electrons. The first-order valence-corrected chi connectivity index (χ1v) is 8.62. The second-order valence-corrected chi connectivity index (χ2v) is 6.08. The van der Waals surface area contributed by atoms with Gasteiger partial charge in [0.25, 0.3) is 0 Å². The van der Waals surface area contributed by atoms with Gasteiger partial charge in [0.05, 0.1) is 0 Å². The molecule has 0 unspecified atom stereocenters. The number of aromatic nitrogens is 2. The molecule has 2 rings (SSSR count). The molecular formula is C17H30N4. The Morgan fingerprint density at radius 3 is 2.29 bits per heavy atom. The van der Waals surface area contributed by atoms with Gasteiger partial charge in [-0.05, 0) is 26.2 Å². The zero-order valence-electron chi connectivity index (χ0n) is 13.8. The molecule has 1 aliphatic rings. The molecule has 21 heavy (non-hydrogen) atoms. The first kappa shape index (κ1) is 16.1. The van der Waals surface area contributed by atoms with E-state index in [4.69, 9.17) is 4.98 Å². The van der Waals surface area contributed by atoms with Crippen LogP contribution < -0.4 is 10.6 Å². The number of aryl methyl sites for hydroxylation is 1. The van der Waals surface area contributed by atoms with Crippen molar-refractivity contribution in [3.05, 3.63) is 11.4 Å². The van der Waals surface area contributed by atoms with Gasteiger partial charge in [0, 0.05) is 24.6 Å². The van der Waals surface area contributed by atoms with E-state index in [-0.39, 0.29) is 0 Å². The lowest BCUT2D eigenvalue weighted by Gasteiger charge is -2.20. The number of hydrogen-bond acceptors (Lipinski definition) is 4. The molecule has 0 bridgehead atoms. The van der Waals surface area contributed by atoms with Gasteiger partial charge >= 0.3 is 0 Å². The van der Waals surface area contributed by atoms with Crippen LogP contribution in [-0.4, -0.2) is 22.6 Å². The summed E-state index contributed by atoms with van der Waals surface area (Å²) in [5.41, 5.74) is 1.16. The van der Waals surface area contributed by atoms with Crippen molar-refractivity contribution in [2.24, 2.45) is 0 Å². The van der Waals surface area contributed by atoms with Crippen molar-refractivity contribution in [1.82, 2.24) is 9.97 Å². The number of nitrogens with zero attached hydrogens (tertiary/aromatic N) is 2. The molecule has 0 aliphatic heterocycles. The summed E-state index contributed by atoms with van der Waals surface area (Å²) in [5.74, 6) is 2.96. The lowest BCUT2D eigenvalue weighted by atomic mass is 10.1. The number of anilines is 2. The zero-order valence-corrected chi connectivity index (χ0v) is 13.8. The van der Waals surface area contributed by atoms with E-state index in [1.165, 1.54) is 38.5 Å². The van der Waals surface area contributed by atoms with Crippen LogP contribution in [-0.2, 0) is 6.42 Å². The Labute approximate surface area is 129 Å². The van der Waals surface area contributed by atoms with Crippen LogP contribution >= 0.6 is 0 Å². The molecule has 1 aromatic heterocycles. The van der Waals surface area contributed by atoms with Crippen LogP contribution in [0.25, 0.3) is 0 Å². The Hall–Kier alpha value is -1.32. The number of hydrogen-bond donors (Lipinski definition) is 2. The zero-order chi connectivity index (χ0) is 15.1. The van der Waals surface area contributed by atoms with Crippen molar-refractivity contribution in [2.75, 3.05) is 17.2 Å². The van der Waals surface area contributed by atoms with Crippen LogP contribution in [0.5, 0.6) is 0 Å². The Balaban J connectivity index is 2.15. The highest BCUT2D eigenvalue weighted by Gasteiger charge is 2.16. The van der Waals surface area contributed by atoms with Crippen LogP contribution in [0.2, 0.25) is 0 Å². The maximum absolute atomic E-state index is 4.72. The van der Waals surface area contributed by atoms with Gasteiger partial charge in [0.1, 0.15) is 17.5 Å². The second-order valence-electron chi connectivity index (χ2n) is 6.08. The molecule has 1 fully saturated rings. The predicted molar refractivity (Wildman–Crippen MR) is 90.0 cm³/mol. The molecule has 1 aliphatic carbocycles. The van der Waals surface area contributed by atoms with E-state index in [0.29, 0.717) is 6.04 Å². The van der Waals surface area contributed by atoms with Crippen molar-refractivity contribution in [2.45, 2.75) is 78.2 Å². The van der Waals surface area contributed by atoms with Crippen LogP contribution in [0.1, 0.15) is 70.2 Å². The summed E-state index contributed by atoms with van der Waals surface area (Å²) in [6.45, 7) is 7.37. The molecule has 1 aromatic rings. The molecule has 1 heterocycles. The SMILES string of the molecule is CCCNc1nc(CC)nc(NC2CCCCCC2)c1C. The monoisotopic (exact) mass is 290 g/mol. The van der Waals surface area contributed by atoms with Crippen LogP contribution in [0.4, 0.5) is 11.6 Å². The molecule has 0 atom stereocenters. The van der Waals surface area contributed by atoms with Gasteiger partial charge in [-0.3, -0.25) is 0 Å². The molecular weight excluding hydrogens is 260 g/mol. The first-order chi connectivity index (χ1) is 10.2. The van der Waals surface area contributed by atoms with Crippen molar-refractivity contribution >= 4 is 11.6 Å². The third-order valence-electron chi connectivity index (χ3n) is 4.25. The van der Waals surface area contributed by atoms with Crippen LogP contribution in [0.15, 0.2) is 0 Å². The molecule has 0 spiro atoms. The lowest BCUT2D eigenvalue weighted by molar-refractivity contribution is 0.616. The van der Waals surface area contributed by atoms with E-state index in [2.05, 4.69) is 36.4 Å². The summed E-state index contributed by atoms with van der Waals surface area (Å²) < 4.78 is 0. The maximum atomic E-state index is 4.72. The number of rotatable bonds is 6. The first-order valence-electron chi connectivity index (χ1n) is 8.62. The third kappa shape index (κ3) is 4.58. The minimum Gasteiger partial charge on any atom is -0.370 e. The minimum absolute atomic E-state index is 0.574. The van der Waals surface area contributed by atoms with E-state index < -0.39 is 0 Å². The highest BCUT2D eigenvalue weighted by molar-refractivity contribution is 5.57. The third-order valence-corrected chi connectivity index (χ3v) is 4.25. The van der Waals surface area contributed by atoms with Crippen LogP contribution in [0, 0.1) is 6.92 Å². The highest BCUT2D eigenvalue weighted by atomic mass is 15.1. The van der Waals surface area contributed by atoms with Gasteiger partial charge in [0.2, 0.25) is 0 Å². The number of nitrogens with one attached hydrogen (secondary N) is 2. The molecule has 0 amide bonds. The fraction of sp³-hybridized carbons (Fsp3) is 0.765. The average Bonchev–Trinajstić information content (AvgIpc) is 2.76. The molecule has 0 saturated heterocycles. The Morgan fingerprint density at radius 2 is 1.67 bits per heavy atom. The van der Waals surface area contributed by atoms with E-state index >= 15 is 0 Å². The van der Waals surface area contributed by atoms with Gasteiger partial charge in [0.15, 0.2) is 0 Å². The smallest absolute Gasteiger partial charge is 0.134 e. The van der Waals surface area contributed by atoms with E-state index in [1.54, 1.807) is 0 Å². The van der Waals surface area contributed by atoms with E-state index in [9.17, 15) is 0 Å². The van der Waals surface area contributed by atoms with Gasteiger partial charge < -0.3 is 10.6 Å². The molecule has 4 nitrogen and oxygen atoms in total. The summed E-state index contributed by atoms with van der Waals surface area (Å²) in [7, 11) is 0. The van der Waals surface area contributed by atoms with Crippen molar-refractivity contribution < 1.29 is 0 Å². The Morgan fingerprint density at radius 1 is 1.00 bits per heavy atom. The quantitative estimate of drug-likeness (QED) is 0.767. The summed E-state index contributed by atoms with van der Waals surface area (Å²) in [5, 5.41) is 7.13. The Kier molecular flexibility index (Phi) is 6.27. The van der Waals surface area contributed by atoms with Crippen molar-refractivity contribution in [1.29, 1.82) is 0 Å². The summed E-state index contributed by atoms with van der Waals surface area (Å²) in [6.07, 6.45) is 9.95. The van der Waals surface area contributed by atoms with Crippen molar-refractivity contribution in [3.63, 3.8) is 0 Å². The largest absolute Gasteiger partial charge is 0.370 e. The minimum atomic E-state index is 0.574. The maximum Gasteiger partial charge on any atom is 0.134 e. The van der Waals surface area contributed by atoms with Gasteiger partial charge in [-0.1, -0.05) is 39.5 Å². The summed E-state index contributed by atoms with van der Waals surface area (Å²) in [6, 6.07) is 0.574. The second kappa shape index (κ2) is 8.20. The fourth-order valence-corrected chi connectivity index (χ4v) is 2.89. The normalized spacial score (nSPS) is 16.5. The topological polar surface area (TPSA) is 49.8 Å². The molecule has 1 saturated carbocycles.